The summed E-state index contributed by atoms with van der Waals surface area (Å²) < 4.78 is 0. The molecule has 0 bridgehead atoms. The van der Waals surface area contributed by atoms with Gasteiger partial charge in [-0.1, -0.05) is 24.3 Å². The molecular weight excluding hydrogens is 258 g/mol. The zero-order valence-electron chi connectivity index (χ0n) is 11.6. The molecule has 21 heavy (non-hydrogen) atoms. The van der Waals surface area contributed by atoms with Crippen molar-refractivity contribution in [2.75, 3.05) is 11.9 Å². The van der Waals surface area contributed by atoms with Gasteiger partial charge in [0.25, 0.3) is 0 Å². The number of nitrogens with zero attached hydrogens (tertiary/aromatic N) is 2. The van der Waals surface area contributed by atoms with Crippen LogP contribution in [0.5, 0.6) is 0 Å². The van der Waals surface area contributed by atoms with Gasteiger partial charge in [-0.15, -0.1) is 0 Å². The maximum Gasteiger partial charge on any atom is 0.0998 e. The molecule has 3 aromatic rings. The van der Waals surface area contributed by atoms with E-state index in [0.29, 0.717) is 5.56 Å². The van der Waals surface area contributed by atoms with Gasteiger partial charge in [0.05, 0.1) is 11.6 Å². The zero-order valence-corrected chi connectivity index (χ0v) is 11.6. The van der Waals surface area contributed by atoms with Crippen LogP contribution in [0.2, 0.25) is 0 Å². The average Bonchev–Trinajstić information content (AvgIpc) is 2.56. The predicted octanol–water partition coefficient (Wildman–Crippen LogP) is 3.76. The van der Waals surface area contributed by atoms with Gasteiger partial charge in [0.2, 0.25) is 0 Å². The summed E-state index contributed by atoms with van der Waals surface area (Å²) >= 11 is 0. The molecule has 2 aromatic carbocycles. The lowest BCUT2D eigenvalue weighted by molar-refractivity contribution is 1.01. The van der Waals surface area contributed by atoms with E-state index in [-0.39, 0.29) is 0 Å². The number of benzene rings is 2. The summed E-state index contributed by atoms with van der Waals surface area (Å²) in [5.41, 5.74) is 3.04. The smallest absolute Gasteiger partial charge is 0.0998 e. The number of fused-ring (bicyclic) bond motifs is 1. The molecule has 102 valence electrons. The Morgan fingerprint density at radius 3 is 2.48 bits per heavy atom. The number of nitriles is 1. The van der Waals surface area contributed by atoms with Gasteiger partial charge in [-0.05, 0) is 36.2 Å². The van der Waals surface area contributed by atoms with E-state index in [1.165, 1.54) is 5.56 Å². The molecule has 0 atom stereocenters. The first kappa shape index (κ1) is 13.1. The lowest BCUT2D eigenvalue weighted by atomic mass is 10.0. The van der Waals surface area contributed by atoms with E-state index < -0.39 is 0 Å². The number of pyridine rings is 1. The summed E-state index contributed by atoms with van der Waals surface area (Å²) in [4.78, 5) is 4.02. The van der Waals surface area contributed by atoms with Gasteiger partial charge in [0.15, 0.2) is 0 Å². The van der Waals surface area contributed by atoms with Crippen molar-refractivity contribution in [3.63, 3.8) is 0 Å². The van der Waals surface area contributed by atoms with Crippen molar-refractivity contribution in [2.45, 2.75) is 6.42 Å². The minimum absolute atomic E-state index is 0.713. The highest BCUT2D eigenvalue weighted by Gasteiger charge is 2.04. The molecule has 1 heterocycles. The third-order valence-corrected chi connectivity index (χ3v) is 3.52. The Morgan fingerprint density at radius 1 is 0.952 bits per heavy atom. The number of hydrogen-bond acceptors (Lipinski definition) is 3. The molecule has 0 spiro atoms. The van der Waals surface area contributed by atoms with Gasteiger partial charge >= 0.3 is 0 Å². The Bertz CT molecular complexity index is 788. The van der Waals surface area contributed by atoms with Crippen molar-refractivity contribution in [1.29, 1.82) is 5.26 Å². The predicted molar refractivity (Wildman–Crippen MR) is 85.1 cm³/mol. The SMILES string of the molecule is N#Cc1ccc(NCCc2ccncc2)c2ccccc12. The Morgan fingerprint density at radius 2 is 1.71 bits per heavy atom. The van der Waals surface area contributed by atoms with Crippen LogP contribution in [0.1, 0.15) is 11.1 Å². The minimum atomic E-state index is 0.713. The molecule has 0 amide bonds. The summed E-state index contributed by atoms with van der Waals surface area (Å²) in [6, 6.07) is 18.1. The highest BCUT2D eigenvalue weighted by Crippen LogP contribution is 2.26. The number of rotatable bonds is 4. The minimum Gasteiger partial charge on any atom is -0.384 e. The van der Waals surface area contributed by atoms with Gasteiger partial charge in [0.1, 0.15) is 0 Å². The van der Waals surface area contributed by atoms with E-state index in [1.54, 1.807) is 0 Å². The molecule has 0 aliphatic heterocycles. The monoisotopic (exact) mass is 273 g/mol. The summed E-state index contributed by atoms with van der Waals surface area (Å²) in [5.74, 6) is 0. The summed E-state index contributed by atoms with van der Waals surface area (Å²) in [7, 11) is 0. The molecule has 3 heteroatoms. The third-order valence-electron chi connectivity index (χ3n) is 3.52. The largest absolute Gasteiger partial charge is 0.384 e. The van der Waals surface area contributed by atoms with Crippen LogP contribution in [-0.4, -0.2) is 11.5 Å². The van der Waals surface area contributed by atoms with Gasteiger partial charge in [-0.3, -0.25) is 4.98 Å². The van der Waals surface area contributed by atoms with E-state index in [4.69, 9.17) is 0 Å². The van der Waals surface area contributed by atoms with Gasteiger partial charge in [-0.25, -0.2) is 0 Å². The van der Waals surface area contributed by atoms with Crippen molar-refractivity contribution in [3.8, 4) is 6.07 Å². The lowest BCUT2D eigenvalue weighted by Gasteiger charge is -2.10. The van der Waals surface area contributed by atoms with Gasteiger partial charge < -0.3 is 5.32 Å². The van der Waals surface area contributed by atoms with Gasteiger partial charge in [-0.2, -0.15) is 5.26 Å². The van der Waals surface area contributed by atoms with E-state index in [0.717, 1.165) is 29.4 Å². The molecule has 0 saturated heterocycles. The first-order valence-electron chi connectivity index (χ1n) is 6.93. The average molecular weight is 273 g/mol. The molecule has 0 unspecified atom stereocenters. The highest BCUT2D eigenvalue weighted by molar-refractivity contribution is 5.97. The van der Waals surface area contributed by atoms with Gasteiger partial charge in [0, 0.05) is 35.4 Å². The fraction of sp³-hybridized carbons (Fsp3) is 0.111. The van der Waals surface area contributed by atoms with Crippen molar-refractivity contribution in [3.05, 3.63) is 72.1 Å². The molecule has 0 aliphatic carbocycles. The maximum atomic E-state index is 9.17. The van der Waals surface area contributed by atoms with Crippen LogP contribution in [0.25, 0.3) is 10.8 Å². The van der Waals surface area contributed by atoms with Crippen LogP contribution in [0.3, 0.4) is 0 Å². The summed E-state index contributed by atoms with van der Waals surface area (Å²) in [5, 5.41) is 14.7. The molecule has 3 nitrogen and oxygen atoms in total. The van der Waals surface area contributed by atoms with E-state index in [2.05, 4.69) is 16.4 Å². The quantitative estimate of drug-likeness (QED) is 0.787. The number of aromatic nitrogens is 1. The molecule has 1 aromatic heterocycles. The van der Waals surface area contributed by atoms with Crippen LogP contribution in [0.4, 0.5) is 5.69 Å². The topological polar surface area (TPSA) is 48.7 Å². The maximum absolute atomic E-state index is 9.17. The number of hydrogen-bond donors (Lipinski definition) is 1. The first-order chi connectivity index (χ1) is 10.4. The van der Waals surface area contributed by atoms with E-state index in [1.807, 2.05) is 60.9 Å². The Labute approximate surface area is 123 Å². The van der Waals surface area contributed by atoms with Crippen molar-refractivity contribution in [1.82, 2.24) is 4.98 Å². The second-order valence-electron chi connectivity index (χ2n) is 4.85. The van der Waals surface area contributed by atoms with Crippen molar-refractivity contribution < 1.29 is 0 Å². The van der Waals surface area contributed by atoms with E-state index >= 15 is 0 Å². The summed E-state index contributed by atoms with van der Waals surface area (Å²) in [6.07, 6.45) is 4.57. The van der Waals surface area contributed by atoms with E-state index in [9.17, 15) is 5.26 Å². The lowest BCUT2D eigenvalue weighted by Crippen LogP contribution is -2.05. The second kappa shape index (κ2) is 6.06. The standard InChI is InChI=1S/C18H15N3/c19-13-15-5-6-18(17-4-2-1-3-16(15)17)21-12-9-14-7-10-20-11-8-14/h1-8,10-11,21H,9,12H2. The first-order valence-corrected chi connectivity index (χ1v) is 6.93. The fourth-order valence-corrected chi connectivity index (χ4v) is 2.44. The van der Waals surface area contributed by atoms with Crippen LogP contribution in [0.15, 0.2) is 60.9 Å². The molecule has 1 N–H and O–H groups in total. The normalized spacial score (nSPS) is 10.2. The highest BCUT2D eigenvalue weighted by atomic mass is 14.9. The Kier molecular flexibility index (Phi) is 3.79. The van der Waals surface area contributed by atoms with Crippen molar-refractivity contribution >= 4 is 16.5 Å². The van der Waals surface area contributed by atoms with Crippen LogP contribution >= 0.6 is 0 Å². The molecule has 0 fully saturated rings. The fourth-order valence-electron chi connectivity index (χ4n) is 2.44. The van der Waals surface area contributed by atoms with Crippen molar-refractivity contribution in [2.24, 2.45) is 0 Å². The molecule has 3 rings (SSSR count). The van der Waals surface area contributed by atoms with Crippen LogP contribution in [0, 0.1) is 11.3 Å². The zero-order chi connectivity index (χ0) is 14.5. The van der Waals surface area contributed by atoms with Crippen LogP contribution < -0.4 is 5.32 Å². The second-order valence-corrected chi connectivity index (χ2v) is 4.85. The molecular formula is C18H15N3. The number of anilines is 1. The summed E-state index contributed by atoms with van der Waals surface area (Å²) in [6.45, 7) is 0.847. The molecule has 0 aliphatic rings. The Balaban J connectivity index is 1.80. The molecule has 0 saturated carbocycles. The van der Waals surface area contributed by atoms with Crippen LogP contribution in [-0.2, 0) is 6.42 Å². The third kappa shape index (κ3) is 2.85. The number of nitrogens with one attached hydrogen (secondary N) is 1. The Hall–Kier alpha value is -2.86. The molecule has 0 radical (unpaired) electrons.